The molecule has 1 aromatic heterocycles. The van der Waals surface area contributed by atoms with E-state index in [1.807, 2.05) is 6.92 Å². The molecule has 1 aliphatic carbocycles. The van der Waals surface area contributed by atoms with Gasteiger partial charge in [-0.3, -0.25) is 4.99 Å². The van der Waals surface area contributed by atoms with E-state index in [0.717, 1.165) is 31.9 Å². The summed E-state index contributed by atoms with van der Waals surface area (Å²) in [5, 5.41) is 10.4. The van der Waals surface area contributed by atoms with Crippen molar-refractivity contribution in [3.8, 4) is 0 Å². The van der Waals surface area contributed by atoms with Crippen molar-refractivity contribution in [2.24, 2.45) is 4.99 Å². The zero-order chi connectivity index (χ0) is 12.8. The Balaban J connectivity index is 0.00000180. The zero-order valence-electron chi connectivity index (χ0n) is 11.5. The SMILES string of the molecule is CCNC(=NCCCc1nc(C)no1)NC1CC1.I. The molecule has 0 bridgehead atoms. The van der Waals surface area contributed by atoms with Crippen molar-refractivity contribution in [3.63, 3.8) is 0 Å². The van der Waals surface area contributed by atoms with Crippen LogP contribution in [0.3, 0.4) is 0 Å². The van der Waals surface area contributed by atoms with Gasteiger partial charge in [0.05, 0.1) is 0 Å². The normalized spacial score (nSPS) is 14.9. The Morgan fingerprint density at radius 3 is 2.84 bits per heavy atom. The van der Waals surface area contributed by atoms with Crippen molar-refractivity contribution in [2.75, 3.05) is 13.1 Å². The number of nitrogens with one attached hydrogen (secondary N) is 2. The molecule has 19 heavy (non-hydrogen) atoms. The molecule has 1 fully saturated rings. The average molecular weight is 379 g/mol. The fraction of sp³-hybridized carbons (Fsp3) is 0.750. The zero-order valence-corrected chi connectivity index (χ0v) is 13.8. The summed E-state index contributed by atoms with van der Waals surface area (Å²) in [6, 6.07) is 0.626. The van der Waals surface area contributed by atoms with Gasteiger partial charge in [0.15, 0.2) is 11.8 Å². The molecule has 0 unspecified atom stereocenters. The van der Waals surface area contributed by atoms with E-state index in [-0.39, 0.29) is 24.0 Å². The summed E-state index contributed by atoms with van der Waals surface area (Å²) >= 11 is 0. The number of hydrogen-bond acceptors (Lipinski definition) is 4. The molecule has 1 saturated carbocycles. The van der Waals surface area contributed by atoms with Crippen LogP contribution in [0.4, 0.5) is 0 Å². The van der Waals surface area contributed by atoms with Crippen LogP contribution < -0.4 is 10.6 Å². The van der Waals surface area contributed by atoms with Crippen molar-refractivity contribution in [2.45, 2.75) is 45.6 Å². The van der Waals surface area contributed by atoms with E-state index < -0.39 is 0 Å². The molecule has 0 radical (unpaired) electrons. The van der Waals surface area contributed by atoms with Crippen LogP contribution in [0.1, 0.15) is 37.9 Å². The standard InChI is InChI=1S/C12H21N5O.HI/c1-3-13-12(16-10-6-7-10)14-8-4-5-11-15-9(2)17-18-11;/h10H,3-8H2,1-2H3,(H2,13,14,16);1H. The topological polar surface area (TPSA) is 75.3 Å². The first-order valence-electron chi connectivity index (χ1n) is 6.62. The minimum Gasteiger partial charge on any atom is -0.357 e. The Kier molecular flexibility index (Phi) is 7.11. The first-order chi connectivity index (χ1) is 8.78. The summed E-state index contributed by atoms with van der Waals surface area (Å²) < 4.78 is 5.05. The first-order valence-corrected chi connectivity index (χ1v) is 6.62. The number of aromatic nitrogens is 2. The van der Waals surface area contributed by atoms with Gasteiger partial charge in [0, 0.05) is 25.6 Å². The molecule has 1 aliphatic rings. The Morgan fingerprint density at radius 2 is 2.26 bits per heavy atom. The van der Waals surface area contributed by atoms with Crippen molar-refractivity contribution >= 4 is 29.9 Å². The van der Waals surface area contributed by atoms with E-state index >= 15 is 0 Å². The third-order valence-corrected chi connectivity index (χ3v) is 2.65. The predicted octanol–water partition coefficient (Wildman–Crippen LogP) is 1.65. The molecule has 0 saturated heterocycles. The number of aryl methyl sites for hydroxylation is 2. The highest BCUT2D eigenvalue weighted by atomic mass is 127. The summed E-state index contributed by atoms with van der Waals surface area (Å²) in [5.41, 5.74) is 0. The molecule has 2 N–H and O–H groups in total. The van der Waals surface area contributed by atoms with E-state index in [1.165, 1.54) is 12.8 Å². The highest BCUT2D eigenvalue weighted by Crippen LogP contribution is 2.18. The van der Waals surface area contributed by atoms with E-state index in [2.05, 4.69) is 32.7 Å². The third-order valence-electron chi connectivity index (χ3n) is 2.65. The number of hydrogen-bond donors (Lipinski definition) is 2. The lowest BCUT2D eigenvalue weighted by molar-refractivity contribution is 0.372. The fourth-order valence-corrected chi connectivity index (χ4v) is 1.60. The second-order valence-electron chi connectivity index (χ2n) is 4.52. The van der Waals surface area contributed by atoms with Gasteiger partial charge in [-0.05, 0) is 33.1 Å². The number of aliphatic imine (C=N–C) groups is 1. The molecular weight excluding hydrogens is 357 g/mol. The third kappa shape index (κ3) is 6.22. The maximum atomic E-state index is 5.05. The van der Waals surface area contributed by atoms with Crippen LogP contribution in [0.5, 0.6) is 0 Å². The highest BCUT2D eigenvalue weighted by molar-refractivity contribution is 14.0. The van der Waals surface area contributed by atoms with Crippen LogP contribution in [-0.4, -0.2) is 35.2 Å². The maximum absolute atomic E-state index is 5.05. The first kappa shape index (κ1) is 16.2. The van der Waals surface area contributed by atoms with E-state index in [4.69, 9.17) is 4.52 Å². The van der Waals surface area contributed by atoms with Gasteiger partial charge in [0.25, 0.3) is 0 Å². The summed E-state index contributed by atoms with van der Waals surface area (Å²) in [6.07, 6.45) is 4.22. The Labute approximate surface area is 130 Å². The van der Waals surface area contributed by atoms with Gasteiger partial charge < -0.3 is 15.2 Å². The lowest BCUT2D eigenvalue weighted by Gasteiger charge is -2.09. The minimum atomic E-state index is 0. The number of nitrogens with zero attached hydrogens (tertiary/aromatic N) is 3. The predicted molar refractivity (Wildman–Crippen MR) is 84.9 cm³/mol. The van der Waals surface area contributed by atoms with Crippen molar-refractivity contribution in [1.82, 2.24) is 20.8 Å². The van der Waals surface area contributed by atoms with Gasteiger partial charge in [-0.25, -0.2) is 0 Å². The van der Waals surface area contributed by atoms with Crippen LogP contribution in [-0.2, 0) is 6.42 Å². The van der Waals surface area contributed by atoms with Gasteiger partial charge >= 0.3 is 0 Å². The number of rotatable bonds is 6. The lowest BCUT2D eigenvalue weighted by Crippen LogP contribution is -2.38. The van der Waals surface area contributed by atoms with Crippen LogP contribution in [0, 0.1) is 6.92 Å². The van der Waals surface area contributed by atoms with E-state index in [0.29, 0.717) is 17.8 Å². The Morgan fingerprint density at radius 1 is 1.47 bits per heavy atom. The second kappa shape index (κ2) is 8.34. The van der Waals surface area contributed by atoms with Crippen LogP contribution >= 0.6 is 24.0 Å². The Hall–Kier alpha value is -0.860. The molecular formula is C12H22IN5O. The largest absolute Gasteiger partial charge is 0.357 e. The quantitative estimate of drug-likeness (QED) is 0.340. The summed E-state index contributed by atoms with van der Waals surface area (Å²) in [7, 11) is 0. The summed E-state index contributed by atoms with van der Waals surface area (Å²) in [6.45, 7) is 5.56. The highest BCUT2D eigenvalue weighted by Gasteiger charge is 2.21. The van der Waals surface area contributed by atoms with Gasteiger partial charge in [0.1, 0.15) is 0 Å². The smallest absolute Gasteiger partial charge is 0.226 e. The molecule has 2 rings (SSSR count). The molecule has 1 aromatic rings. The molecule has 0 spiro atoms. The van der Waals surface area contributed by atoms with Gasteiger partial charge in [-0.15, -0.1) is 24.0 Å². The van der Waals surface area contributed by atoms with Gasteiger partial charge in [-0.2, -0.15) is 4.98 Å². The molecule has 0 aliphatic heterocycles. The minimum absolute atomic E-state index is 0. The number of guanidine groups is 1. The Bertz CT molecular complexity index is 403. The van der Waals surface area contributed by atoms with Crippen LogP contribution in [0.15, 0.2) is 9.52 Å². The summed E-state index contributed by atoms with van der Waals surface area (Å²) in [5.74, 6) is 2.31. The van der Waals surface area contributed by atoms with Crippen molar-refractivity contribution in [3.05, 3.63) is 11.7 Å². The van der Waals surface area contributed by atoms with E-state index in [1.54, 1.807) is 0 Å². The lowest BCUT2D eigenvalue weighted by atomic mass is 10.3. The molecule has 6 nitrogen and oxygen atoms in total. The number of halogens is 1. The second-order valence-corrected chi connectivity index (χ2v) is 4.52. The van der Waals surface area contributed by atoms with Crippen molar-refractivity contribution in [1.29, 1.82) is 0 Å². The monoisotopic (exact) mass is 379 g/mol. The molecule has 7 heteroatoms. The van der Waals surface area contributed by atoms with Gasteiger partial charge in [-0.1, -0.05) is 5.16 Å². The molecule has 0 aromatic carbocycles. The van der Waals surface area contributed by atoms with Crippen molar-refractivity contribution < 1.29 is 4.52 Å². The molecule has 0 amide bonds. The molecule has 0 atom stereocenters. The fourth-order valence-electron chi connectivity index (χ4n) is 1.60. The van der Waals surface area contributed by atoms with Crippen LogP contribution in [0.25, 0.3) is 0 Å². The maximum Gasteiger partial charge on any atom is 0.226 e. The average Bonchev–Trinajstić information content (AvgIpc) is 3.06. The van der Waals surface area contributed by atoms with Gasteiger partial charge in [0.2, 0.25) is 5.89 Å². The molecule has 1 heterocycles. The summed E-state index contributed by atoms with van der Waals surface area (Å²) in [4.78, 5) is 8.68. The van der Waals surface area contributed by atoms with E-state index in [9.17, 15) is 0 Å². The molecule has 108 valence electrons. The van der Waals surface area contributed by atoms with Crippen LogP contribution in [0.2, 0.25) is 0 Å².